The van der Waals surface area contributed by atoms with Crippen LogP contribution in [0.1, 0.15) is 36.3 Å². The molecule has 0 amide bonds. The predicted octanol–water partition coefficient (Wildman–Crippen LogP) is 2.98. The fraction of sp³-hybridized carbons (Fsp3) is 0.316. The highest BCUT2D eigenvalue weighted by molar-refractivity contribution is 5.40. The summed E-state index contributed by atoms with van der Waals surface area (Å²) < 4.78 is 20.3. The molecule has 1 N–H and O–H groups in total. The Bertz CT molecular complexity index is 893. The lowest BCUT2D eigenvalue weighted by Crippen LogP contribution is -2.22. The molecule has 0 saturated heterocycles. The molecule has 0 aliphatic carbocycles. The van der Waals surface area contributed by atoms with Crippen molar-refractivity contribution in [3.8, 4) is 11.4 Å². The van der Waals surface area contributed by atoms with E-state index in [0.717, 1.165) is 30.9 Å². The summed E-state index contributed by atoms with van der Waals surface area (Å²) in [6.45, 7) is 3.41. The molecule has 3 aromatic rings. The molecule has 0 saturated carbocycles. The maximum Gasteiger partial charge on any atom is 0.170 e. The summed E-state index contributed by atoms with van der Waals surface area (Å²) in [6, 6.07) is 12.7. The van der Waals surface area contributed by atoms with Gasteiger partial charge in [0.05, 0.1) is 18.8 Å². The molecule has 7 heteroatoms. The van der Waals surface area contributed by atoms with Crippen molar-refractivity contribution in [2.75, 3.05) is 6.61 Å². The van der Waals surface area contributed by atoms with E-state index in [1.807, 2.05) is 6.07 Å². The van der Waals surface area contributed by atoms with Crippen LogP contribution in [-0.4, -0.2) is 26.8 Å². The van der Waals surface area contributed by atoms with Crippen LogP contribution in [0.3, 0.4) is 0 Å². The van der Waals surface area contributed by atoms with Crippen LogP contribution in [0.4, 0.5) is 4.39 Å². The largest absolute Gasteiger partial charge is 0.493 e. The maximum atomic E-state index is 13.1. The van der Waals surface area contributed by atoms with Crippen LogP contribution >= 0.6 is 0 Å². The second-order valence-electron chi connectivity index (χ2n) is 6.29. The minimum Gasteiger partial charge on any atom is -0.493 e. The molecule has 0 radical (unpaired) electrons. The topological polar surface area (TPSA) is 64.9 Å². The molecule has 6 nitrogen and oxygen atoms in total. The maximum absolute atomic E-state index is 13.1. The van der Waals surface area contributed by atoms with Crippen molar-refractivity contribution in [3.05, 3.63) is 65.2 Å². The molecule has 1 atom stereocenters. The fourth-order valence-corrected chi connectivity index (χ4v) is 3.23. The third-order valence-corrected chi connectivity index (χ3v) is 4.64. The Hall–Kier alpha value is -2.80. The third-order valence-electron chi connectivity index (χ3n) is 4.64. The first-order valence-corrected chi connectivity index (χ1v) is 8.77. The van der Waals surface area contributed by atoms with Crippen LogP contribution in [0.25, 0.3) is 5.69 Å². The average Bonchev–Trinajstić information content (AvgIpc) is 3.31. The first-order valence-electron chi connectivity index (χ1n) is 8.77. The number of rotatable bonds is 6. The van der Waals surface area contributed by atoms with E-state index < -0.39 is 0 Å². The van der Waals surface area contributed by atoms with Gasteiger partial charge >= 0.3 is 0 Å². The number of nitrogens with one attached hydrogen (secondary N) is 1. The van der Waals surface area contributed by atoms with Crippen molar-refractivity contribution in [2.45, 2.75) is 32.4 Å². The zero-order valence-electron chi connectivity index (χ0n) is 14.5. The van der Waals surface area contributed by atoms with Crippen LogP contribution in [0.5, 0.6) is 5.75 Å². The molecule has 1 unspecified atom stereocenters. The van der Waals surface area contributed by atoms with Gasteiger partial charge in [-0.25, -0.2) is 4.39 Å². The molecule has 0 spiro atoms. The minimum atomic E-state index is -0.284. The monoisotopic (exact) mass is 353 g/mol. The van der Waals surface area contributed by atoms with E-state index in [9.17, 15) is 4.39 Å². The number of hydrogen-bond donors (Lipinski definition) is 1. The zero-order valence-corrected chi connectivity index (χ0v) is 14.5. The highest BCUT2D eigenvalue weighted by Gasteiger charge is 2.17. The number of fused-ring (bicyclic) bond motifs is 1. The van der Waals surface area contributed by atoms with Gasteiger partial charge in [0.15, 0.2) is 5.82 Å². The molecule has 1 aliphatic heterocycles. The van der Waals surface area contributed by atoms with Crippen molar-refractivity contribution < 1.29 is 9.13 Å². The van der Waals surface area contributed by atoms with Crippen molar-refractivity contribution in [1.82, 2.24) is 25.5 Å². The summed E-state index contributed by atoms with van der Waals surface area (Å²) in [4.78, 5) is 0. The van der Waals surface area contributed by atoms with Gasteiger partial charge in [-0.05, 0) is 58.3 Å². The van der Waals surface area contributed by atoms with Crippen LogP contribution in [0.15, 0.2) is 42.5 Å². The Morgan fingerprint density at radius 3 is 2.88 bits per heavy atom. The van der Waals surface area contributed by atoms with Gasteiger partial charge in [0.2, 0.25) is 0 Å². The lowest BCUT2D eigenvalue weighted by molar-refractivity contribution is 0.356. The standard InChI is InChI=1S/C19H20FN5O/c1-2-17(13-3-8-18-14(11-13)9-10-26-18)21-12-19-22-23-24-25(19)16-6-4-15(20)5-7-16/h3-8,11,17,21H,2,9-10,12H2,1H3. The molecule has 2 heterocycles. The highest BCUT2D eigenvalue weighted by Crippen LogP contribution is 2.29. The molecule has 1 aromatic heterocycles. The van der Waals surface area contributed by atoms with Crippen molar-refractivity contribution in [2.24, 2.45) is 0 Å². The van der Waals surface area contributed by atoms with E-state index in [4.69, 9.17) is 4.74 Å². The molecule has 2 aromatic carbocycles. The van der Waals surface area contributed by atoms with Crippen LogP contribution in [0, 0.1) is 5.82 Å². The van der Waals surface area contributed by atoms with E-state index in [2.05, 4.69) is 39.9 Å². The SMILES string of the molecule is CCC(NCc1nnnn1-c1ccc(F)cc1)c1ccc2c(c1)CCO2. The summed E-state index contributed by atoms with van der Waals surface area (Å²) in [5.74, 6) is 1.39. The first-order chi connectivity index (χ1) is 12.7. The Morgan fingerprint density at radius 2 is 2.08 bits per heavy atom. The van der Waals surface area contributed by atoms with Gasteiger partial charge in [0.1, 0.15) is 11.6 Å². The fourth-order valence-electron chi connectivity index (χ4n) is 3.23. The number of aromatic nitrogens is 4. The van der Waals surface area contributed by atoms with Gasteiger partial charge in [-0.3, -0.25) is 0 Å². The molecule has 1 aliphatic rings. The molecule has 4 rings (SSSR count). The molecule has 134 valence electrons. The number of halogens is 1. The van der Waals surface area contributed by atoms with E-state index in [1.54, 1.807) is 16.8 Å². The summed E-state index contributed by atoms with van der Waals surface area (Å²) in [5.41, 5.74) is 3.23. The van der Waals surface area contributed by atoms with Crippen LogP contribution in [-0.2, 0) is 13.0 Å². The normalized spacial score (nSPS) is 14.1. The average molecular weight is 353 g/mol. The van der Waals surface area contributed by atoms with Gasteiger partial charge in [0, 0.05) is 12.5 Å². The highest BCUT2D eigenvalue weighted by atomic mass is 19.1. The summed E-state index contributed by atoms with van der Waals surface area (Å²) in [7, 11) is 0. The number of benzene rings is 2. The first kappa shape index (κ1) is 16.7. The van der Waals surface area contributed by atoms with Gasteiger partial charge < -0.3 is 10.1 Å². The zero-order chi connectivity index (χ0) is 17.9. The minimum absolute atomic E-state index is 0.194. The number of nitrogens with zero attached hydrogens (tertiary/aromatic N) is 4. The predicted molar refractivity (Wildman–Crippen MR) is 94.6 cm³/mol. The lowest BCUT2D eigenvalue weighted by atomic mass is 10.0. The smallest absolute Gasteiger partial charge is 0.170 e. The van der Waals surface area contributed by atoms with Crippen molar-refractivity contribution in [1.29, 1.82) is 0 Å². The second-order valence-corrected chi connectivity index (χ2v) is 6.29. The summed E-state index contributed by atoms with van der Waals surface area (Å²) in [5, 5.41) is 15.4. The van der Waals surface area contributed by atoms with Crippen molar-refractivity contribution >= 4 is 0 Å². The van der Waals surface area contributed by atoms with Crippen molar-refractivity contribution in [3.63, 3.8) is 0 Å². The molecule has 0 bridgehead atoms. The van der Waals surface area contributed by atoms with E-state index in [-0.39, 0.29) is 11.9 Å². The third kappa shape index (κ3) is 3.30. The Balaban J connectivity index is 1.49. The Morgan fingerprint density at radius 1 is 1.23 bits per heavy atom. The van der Waals surface area contributed by atoms with E-state index in [0.29, 0.717) is 12.4 Å². The lowest BCUT2D eigenvalue weighted by Gasteiger charge is -2.18. The van der Waals surface area contributed by atoms with E-state index in [1.165, 1.54) is 23.3 Å². The molecular weight excluding hydrogens is 333 g/mol. The second kappa shape index (κ2) is 7.21. The van der Waals surface area contributed by atoms with Gasteiger partial charge in [0.25, 0.3) is 0 Å². The summed E-state index contributed by atoms with van der Waals surface area (Å²) >= 11 is 0. The van der Waals surface area contributed by atoms with Gasteiger partial charge in [-0.1, -0.05) is 19.1 Å². The number of tetrazole rings is 1. The quantitative estimate of drug-likeness (QED) is 0.738. The van der Waals surface area contributed by atoms with E-state index >= 15 is 0 Å². The number of ether oxygens (including phenoxy) is 1. The Kier molecular flexibility index (Phi) is 4.62. The van der Waals surface area contributed by atoms with Crippen LogP contribution < -0.4 is 10.1 Å². The Labute approximate surface area is 151 Å². The van der Waals surface area contributed by atoms with Crippen LogP contribution in [0.2, 0.25) is 0 Å². The molecule has 0 fully saturated rings. The van der Waals surface area contributed by atoms with Gasteiger partial charge in [-0.15, -0.1) is 5.10 Å². The number of hydrogen-bond acceptors (Lipinski definition) is 5. The molecule has 26 heavy (non-hydrogen) atoms. The molecular formula is C19H20FN5O. The van der Waals surface area contributed by atoms with Gasteiger partial charge in [-0.2, -0.15) is 4.68 Å². The summed E-state index contributed by atoms with van der Waals surface area (Å²) in [6.07, 6.45) is 1.90.